The second-order valence-electron chi connectivity index (χ2n) is 7.62. The highest BCUT2D eigenvalue weighted by Crippen LogP contribution is 2.38. The highest BCUT2D eigenvalue weighted by molar-refractivity contribution is 6.71. The van der Waals surface area contributed by atoms with E-state index in [1.54, 1.807) is 33.5 Å². The lowest BCUT2D eigenvalue weighted by Gasteiger charge is -2.40. The molecule has 0 saturated carbocycles. The van der Waals surface area contributed by atoms with E-state index in [0.29, 0.717) is 17.8 Å². The van der Waals surface area contributed by atoms with Crippen molar-refractivity contribution in [2.45, 2.75) is 69.9 Å². The van der Waals surface area contributed by atoms with Crippen molar-refractivity contribution in [2.24, 2.45) is 5.73 Å². The first kappa shape index (κ1) is 23.9. The normalized spacial score (nSPS) is 23.0. The molecule has 0 fully saturated rings. The van der Waals surface area contributed by atoms with Crippen LogP contribution in [0.25, 0.3) is 0 Å². The molecule has 27 heavy (non-hydrogen) atoms. The molecule has 0 bridgehead atoms. The summed E-state index contributed by atoms with van der Waals surface area (Å²) in [5, 5.41) is 0. The van der Waals surface area contributed by atoms with Crippen LogP contribution in [0.15, 0.2) is 23.5 Å². The van der Waals surface area contributed by atoms with Gasteiger partial charge in [0.15, 0.2) is 13.9 Å². The molecule has 156 valence electrons. The van der Waals surface area contributed by atoms with Gasteiger partial charge in [0, 0.05) is 26.4 Å². The number of primary amides is 1. The van der Waals surface area contributed by atoms with Crippen molar-refractivity contribution < 1.29 is 23.4 Å². The van der Waals surface area contributed by atoms with Gasteiger partial charge in [-0.3, -0.25) is 4.79 Å². The third kappa shape index (κ3) is 6.45. The summed E-state index contributed by atoms with van der Waals surface area (Å²) in [6.07, 6.45) is 7.90. The van der Waals surface area contributed by atoms with Crippen molar-refractivity contribution >= 4 is 14.2 Å². The maximum Gasteiger partial charge on any atom is 0.248 e. The molecule has 0 aliphatic heterocycles. The summed E-state index contributed by atoms with van der Waals surface area (Å²) in [6, 6.07) is 1.20. The predicted molar refractivity (Wildman–Crippen MR) is 110 cm³/mol. The molecule has 0 radical (unpaired) electrons. The second kappa shape index (κ2) is 11.0. The van der Waals surface area contributed by atoms with Crippen LogP contribution < -0.4 is 5.73 Å². The quantitative estimate of drug-likeness (QED) is 0.378. The number of unbranched alkanes of at least 4 members (excludes halogenated alkanes) is 2. The van der Waals surface area contributed by atoms with Gasteiger partial charge in [-0.15, -0.1) is 0 Å². The van der Waals surface area contributed by atoms with Gasteiger partial charge in [0.1, 0.15) is 11.9 Å². The molecular formula is C20H37NO5Si. The third-order valence-corrected chi connectivity index (χ3v) is 7.73. The van der Waals surface area contributed by atoms with Gasteiger partial charge in [-0.05, 0) is 50.6 Å². The molecule has 0 spiro atoms. The third-order valence-electron chi connectivity index (χ3n) is 5.18. The Morgan fingerprint density at radius 2 is 1.93 bits per heavy atom. The zero-order valence-electron chi connectivity index (χ0n) is 17.8. The first-order chi connectivity index (χ1) is 12.8. The average molecular weight is 400 g/mol. The maximum atomic E-state index is 11.6. The first-order valence-corrected chi connectivity index (χ1v) is 12.9. The van der Waals surface area contributed by atoms with Crippen molar-refractivity contribution in [3.63, 3.8) is 0 Å². The van der Waals surface area contributed by atoms with Gasteiger partial charge < -0.3 is 24.4 Å². The van der Waals surface area contributed by atoms with Crippen LogP contribution in [0.2, 0.25) is 19.1 Å². The topological polar surface area (TPSA) is 80.0 Å². The maximum absolute atomic E-state index is 11.6. The molecular weight excluding hydrogens is 362 g/mol. The minimum atomic E-state index is -1.56. The van der Waals surface area contributed by atoms with Crippen LogP contribution in [0.3, 0.4) is 0 Å². The molecule has 2 unspecified atom stereocenters. The monoisotopic (exact) mass is 399 g/mol. The molecule has 1 rings (SSSR count). The Bertz CT molecular complexity index is 546. The van der Waals surface area contributed by atoms with Gasteiger partial charge in [0.05, 0.1) is 7.11 Å². The van der Waals surface area contributed by atoms with E-state index in [2.05, 4.69) is 20.0 Å². The van der Waals surface area contributed by atoms with E-state index < -0.39 is 25.9 Å². The Labute approximate surface area is 165 Å². The van der Waals surface area contributed by atoms with E-state index in [9.17, 15) is 4.79 Å². The number of carbonyl (C=O) groups is 1. The Morgan fingerprint density at radius 1 is 1.22 bits per heavy atom. The van der Waals surface area contributed by atoms with Gasteiger partial charge >= 0.3 is 0 Å². The Balaban J connectivity index is 2.72. The van der Waals surface area contributed by atoms with Gasteiger partial charge in [-0.2, -0.15) is 0 Å². The van der Waals surface area contributed by atoms with Crippen molar-refractivity contribution in [3.8, 4) is 0 Å². The Morgan fingerprint density at radius 3 is 2.44 bits per heavy atom. The number of hydrogen-bond donors (Lipinski definition) is 1. The van der Waals surface area contributed by atoms with E-state index >= 15 is 0 Å². The molecule has 6 nitrogen and oxygen atoms in total. The summed E-state index contributed by atoms with van der Waals surface area (Å²) >= 11 is 0. The van der Waals surface area contributed by atoms with Crippen molar-refractivity contribution in [1.82, 2.24) is 0 Å². The van der Waals surface area contributed by atoms with Crippen molar-refractivity contribution in [3.05, 3.63) is 23.5 Å². The molecule has 2 atom stereocenters. The summed E-state index contributed by atoms with van der Waals surface area (Å²) in [6.45, 7) is 7.53. The van der Waals surface area contributed by atoms with Crippen LogP contribution >= 0.6 is 0 Å². The molecule has 0 saturated heterocycles. The smallest absolute Gasteiger partial charge is 0.248 e. The van der Waals surface area contributed by atoms with E-state index in [1.165, 1.54) is 18.9 Å². The number of methoxy groups -OCH3 is 3. The molecule has 1 aliphatic rings. The Hall–Kier alpha value is -1.15. The Kier molecular flexibility index (Phi) is 9.73. The molecule has 1 amide bonds. The van der Waals surface area contributed by atoms with Crippen LogP contribution in [0, 0.1) is 0 Å². The molecule has 1 aliphatic carbocycles. The highest BCUT2D eigenvalue weighted by Gasteiger charge is 2.45. The minimum absolute atomic E-state index is 0.374. The minimum Gasteiger partial charge on any atom is -0.498 e. The fourth-order valence-electron chi connectivity index (χ4n) is 3.49. The van der Waals surface area contributed by atoms with Crippen LogP contribution in [0.4, 0.5) is 0 Å². The van der Waals surface area contributed by atoms with E-state index in [0.717, 1.165) is 19.4 Å². The highest BCUT2D eigenvalue weighted by atomic mass is 28.4. The van der Waals surface area contributed by atoms with Gasteiger partial charge in [0.25, 0.3) is 0 Å². The van der Waals surface area contributed by atoms with E-state index in [1.807, 2.05) is 0 Å². The number of rotatable bonds is 13. The summed E-state index contributed by atoms with van der Waals surface area (Å²) in [4.78, 5) is 11.6. The fraction of sp³-hybridized carbons (Fsp3) is 0.750. The average Bonchev–Trinajstić information content (AvgIpc) is 2.65. The van der Waals surface area contributed by atoms with E-state index in [4.69, 9.17) is 24.4 Å². The zero-order valence-corrected chi connectivity index (χ0v) is 18.8. The van der Waals surface area contributed by atoms with Gasteiger partial charge in [-0.1, -0.05) is 19.8 Å². The largest absolute Gasteiger partial charge is 0.498 e. The first-order valence-electron chi connectivity index (χ1n) is 9.76. The number of ether oxygens (including phenoxy) is 3. The van der Waals surface area contributed by atoms with Crippen molar-refractivity contribution in [1.29, 1.82) is 0 Å². The molecule has 0 aromatic heterocycles. The summed E-state index contributed by atoms with van der Waals surface area (Å²) < 4.78 is 23.2. The number of hydrogen-bond acceptors (Lipinski definition) is 5. The molecule has 0 heterocycles. The molecule has 7 heteroatoms. The zero-order chi connectivity index (χ0) is 20.5. The van der Waals surface area contributed by atoms with Crippen LogP contribution in [-0.4, -0.2) is 53.9 Å². The number of nitrogens with two attached hydrogens (primary N) is 1. The molecule has 2 N–H and O–H groups in total. The van der Waals surface area contributed by atoms with Crippen molar-refractivity contribution in [2.75, 3.05) is 27.9 Å². The summed E-state index contributed by atoms with van der Waals surface area (Å²) in [7, 11) is 3.25. The lowest BCUT2D eigenvalue weighted by Crippen LogP contribution is -2.49. The summed E-state index contributed by atoms with van der Waals surface area (Å²) in [5.74, 6) is 0.0516. The molecule has 0 aromatic rings. The molecule has 0 aromatic carbocycles. The standard InChI is InChI=1S/C20H37NO5Si/c1-7-8-13-27(5,6)26-12-10-9-11-20(25-4)17(23-2)14-16(19(21)22)15-18(20)24-3/h14-15,17H,7-13H2,1-6H3,(H2,21,22). The lowest BCUT2D eigenvalue weighted by atomic mass is 9.82. The van der Waals surface area contributed by atoms with Crippen LogP contribution in [-0.2, 0) is 23.4 Å². The summed E-state index contributed by atoms with van der Waals surface area (Å²) in [5.41, 5.74) is 5.04. The van der Waals surface area contributed by atoms with Gasteiger partial charge in [-0.25, -0.2) is 0 Å². The van der Waals surface area contributed by atoms with Gasteiger partial charge in [0.2, 0.25) is 5.91 Å². The number of carbonyl (C=O) groups excluding carboxylic acids is 1. The fourth-order valence-corrected chi connectivity index (χ4v) is 5.54. The van der Waals surface area contributed by atoms with Crippen LogP contribution in [0.5, 0.6) is 0 Å². The van der Waals surface area contributed by atoms with E-state index in [-0.39, 0.29) is 0 Å². The number of amides is 1. The SMILES string of the molecule is CCCC[Si](C)(C)OCCCCC1(OC)C(OC)=CC(C(N)=O)=CC1OC. The lowest BCUT2D eigenvalue weighted by molar-refractivity contribution is -0.116. The van der Waals surface area contributed by atoms with Crippen LogP contribution in [0.1, 0.15) is 39.0 Å². The predicted octanol–water partition coefficient (Wildman–Crippen LogP) is 3.53. The second-order valence-corrected chi connectivity index (χ2v) is 11.9.